The number of nitrogens with two attached hydrogens (primary N) is 1. The second-order valence-corrected chi connectivity index (χ2v) is 8.67. The summed E-state index contributed by atoms with van der Waals surface area (Å²) in [5.74, 6) is 1.53. The lowest BCUT2D eigenvalue weighted by atomic mass is 9.89. The molecule has 0 radical (unpaired) electrons. The van der Waals surface area contributed by atoms with Crippen molar-refractivity contribution in [3.8, 4) is 17.0 Å². The van der Waals surface area contributed by atoms with Gasteiger partial charge in [0.05, 0.1) is 24.6 Å². The molecule has 0 saturated carbocycles. The summed E-state index contributed by atoms with van der Waals surface area (Å²) in [6.07, 6.45) is 3.48. The highest BCUT2D eigenvalue weighted by molar-refractivity contribution is 5.96. The Kier molecular flexibility index (Phi) is 6.07. The van der Waals surface area contributed by atoms with E-state index in [9.17, 15) is 0 Å². The van der Waals surface area contributed by atoms with Crippen molar-refractivity contribution in [3.63, 3.8) is 0 Å². The first-order chi connectivity index (χ1) is 16.1. The van der Waals surface area contributed by atoms with Crippen LogP contribution in [0, 0.1) is 5.92 Å². The fraction of sp³-hybridized carbons (Fsp3) is 0.346. The summed E-state index contributed by atoms with van der Waals surface area (Å²) in [6, 6.07) is 15.0. The number of nitrogens with one attached hydrogen (secondary N) is 1. The van der Waals surface area contributed by atoms with Gasteiger partial charge in [-0.05, 0) is 48.2 Å². The predicted octanol–water partition coefficient (Wildman–Crippen LogP) is 3.90. The van der Waals surface area contributed by atoms with E-state index in [2.05, 4.69) is 58.6 Å². The van der Waals surface area contributed by atoms with Gasteiger partial charge in [0.2, 0.25) is 5.95 Å². The van der Waals surface area contributed by atoms with Gasteiger partial charge in [0.25, 0.3) is 0 Å². The molecular formula is C26H29N5O2. The van der Waals surface area contributed by atoms with Gasteiger partial charge in [0, 0.05) is 49.5 Å². The van der Waals surface area contributed by atoms with Crippen LogP contribution in [0.5, 0.6) is 5.75 Å². The van der Waals surface area contributed by atoms with Crippen molar-refractivity contribution in [2.45, 2.75) is 25.8 Å². The summed E-state index contributed by atoms with van der Waals surface area (Å²) in [5, 5.41) is 3.50. The van der Waals surface area contributed by atoms with Crippen LogP contribution in [0.3, 0.4) is 0 Å². The molecule has 2 aromatic carbocycles. The molecule has 3 N–H and O–H groups in total. The van der Waals surface area contributed by atoms with Crippen molar-refractivity contribution in [2.75, 3.05) is 32.6 Å². The second-order valence-electron chi connectivity index (χ2n) is 8.67. The van der Waals surface area contributed by atoms with Crippen molar-refractivity contribution in [3.05, 3.63) is 65.4 Å². The SMILES string of the molecule is COCCNC(C)c1ccc2c(c1)CC(C1=Nc3cc(-c4ccnc(N)n4)ccc3C1)CO2. The van der Waals surface area contributed by atoms with Gasteiger partial charge in [0.15, 0.2) is 0 Å². The normalized spacial score (nSPS) is 17.6. The van der Waals surface area contributed by atoms with Gasteiger partial charge < -0.3 is 20.5 Å². The third kappa shape index (κ3) is 4.60. The molecule has 7 nitrogen and oxygen atoms in total. The number of aromatic nitrogens is 2. The van der Waals surface area contributed by atoms with Crippen LogP contribution in [-0.2, 0) is 17.6 Å². The highest BCUT2D eigenvalue weighted by Crippen LogP contribution is 2.36. The molecule has 0 amide bonds. The number of fused-ring (bicyclic) bond motifs is 2. The maximum absolute atomic E-state index is 6.13. The van der Waals surface area contributed by atoms with E-state index < -0.39 is 0 Å². The van der Waals surface area contributed by atoms with Crippen LogP contribution in [0.15, 0.2) is 53.7 Å². The van der Waals surface area contributed by atoms with Crippen molar-refractivity contribution in [1.29, 1.82) is 0 Å². The lowest BCUT2D eigenvalue weighted by Gasteiger charge is -2.27. The van der Waals surface area contributed by atoms with Crippen LogP contribution in [-0.4, -0.2) is 42.5 Å². The molecular weight excluding hydrogens is 414 g/mol. The fourth-order valence-corrected chi connectivity index (χ4v) is 4.53. The third-order valence-electron chi connectivity index (χ3n) is 6.41. The van der Waals surface area contributed by atoms with E-state index in [0.29, 0.717) is 13.2 Å². The van der Waals surface area contributed by atoms with Gasteiger partial charge >= 0.3 is 0 Å². The lowest BCUT2D eigenvalue weighted by molar-refractivity contribution is 0.196. The van der Waals surface area contributed by atoms with E-state index >= 15 is 0 Å². The molecule has 2 unspecified atom stereocenters. The molecule has 5 rings (SSSR count). The molecule has 0 saturated heterocycles. The standard InChI is InChI=1S/C26H29N5O2/c1-16(28-9-10-32-2)17-5-6-25-20(11-17)12-21(15-33-25)24-14-19-4-3-18(13-23(19)30-24)22-7-8-29-26(27)31-22/h3-8,11,13,16,21,28H,9-10,12,14-15H2,1-2H3,(H2,27,29,31). The number of anilines is 1. The van der Waals surface area contributed by atoms with Crippen LogP contribution in [0.25, 0.3) is 11.3 Å². The summed E-state index contributed by atoms with van der Waals surface area (Å²) in [7, 11) is 1.72. The molecule has 0 bridgehead atoms. The van der Waals surface area contributed by atoms with E-state index in [0.717, 1.165) is 42.1 Å². The highest BCUT2D eigenvalue weighted by atomic mass is 16.5. The number of nitrogen functional groups attached to an aromatic ring is 1. The topological polar surface area (TPSA) is 94.7 Å². The summed E-state index contributed by atoms with van der Waals surface area (Å²) < 4.78 is 11.3. The minimum absolute atomic E-state index is 0.258. The van der Waals surface area contributed by atoms with Crippen molar-refractivity contribution < 1.29 is 9.47 Å². The Morgan fingerprint density at radius 1 is 1.18 bits per heavy atom. The summed E-state index contributed by atoms with van der Waals surface area (Å²) >= 11 is 0. The van der Waals surface area contributed by atoms with Gasteiger partial charge in [0.1, 0.15) is 5.75 Å². The Morgan fingerprint density at radius 2 is 2.09 bits per heavy atom. The zero-order valence-corrected chi connectivity index (χ0v) is 19.0. The van der Waals surface area contributed by atoms with Crippen molar-refractivity contribution >= 4 is 17.3 Å². The van der Waals surface area contributed by atoms with E-state index in [1.165, 1.54) is 22.4 Å². The predicted molar refractivity (Wildman–Crippen MR) is 130 cm³/mol. The van der Waals surface area contributed by atoms with Gasteiger partial charge in [-0.2, -0.15) is 0 Å². The summed E-state index contributed by atoms with van der Waals surface area (Å²) in [4.78, 5) is 13.3. The average molecular weight is 444 g/mol. The molecule has 3 heterocycles. The van der Waals surface area contributed by atoms with E-state index in [1.807, 2.05) is 6.07 Å². The quantitative estimate of drug-likeness (QED) is 0.538. The van der Waals surface area contributed by atoms with Crippen LogP contribution < -0.4 is 15.8 Å². The Bertz CT molecular complexity index is 1190. The Balaban J connectivity index is 1.32. The number of aliphatic imine (C=N–C) groups is 1. The molecule has 33 heavy (non-hydrogen) atoms. The van der Waals surface area contributed by atoms with Crippen molar-refractivity contribution in [1.82, 2.24) is 15.3 Å². The number of benzene rings is 2. The number of hydrogen-bond donors (Lipinski definition) is 2. The molecule has 0 aliphatic carbocycles. The Morgan fingerprint density at radius 3 is 2.94 bits per heavy atom. The molecule has 0 spiro atoms. The van der Waals surface area contributed by atoms with Crippen LogP contribution in [0.2, 0.25) is 0 Å². The van der Waals surface area contributed by atoms with E-state index in [1.54, 1.807) is 13.3 Å². The molecule has 2 aliphatic heterocycles. The number of rotatable bonds is 7. The first-order valence-corrected chi connectivity index (χ1v) is 11.4. The first kappa shape index (κ1) is 21.6. The molecule has 1 aromatic heterocycles. The third-order valence-corrected chi connectivity index (χ3v) is 6.41. The largest absolute Gasteiger partial charge is 0.493 e. The Hall–Kier alpha value is -3.29. The fourth-order valence-electron chi connectivity index (χ4n) is 4.53. The van der Waals surface area contributed by atoms with Gasteiger partial charge in [-0.25, -0.2) is 9.97 Å². The zero-order chi connectivity index (χ0) is 22.8. The van der Waals surface area contributed by atoms with Crippen LogP contribution >= 0.6 is 0 Å². The van der Waals surface area contributed by atoms with Gasteiger partial charge in [-0.3, -0.25) is 4.99 Å². The zero-order valence-electron chi connectivity index (χ0n) is 19.0. The highest BCUT2D eigenvalue weighted by Gasteiger charge is 2.28. The van der Waals surface area contributed by atoms with Gasteiger partial charge in [-0.1, -0.05) is 24.3 Å². The molecule has 0 fully saturated rings. The summed E-state index contributed by atoms with van der Waals surface area (Å²) in [5.41, 5.74) is 13.5. The van der Waals surface area contributed by atoms with Crippen molar-refractivity contribution in [2.24, 2.45) is 10.9 Å². The summed E-state index contributed by atoms with van der Waals surface area (Å²) in [6.45, 7) is 4.37. The maximum atomic E-state index is 6.13. The number of methoxy groups -OCH3 is 1. The molecule has 2 atom stereocenters. The average Bonchev–Trinajstić information content (AvgIpc) is 3.27. The van der Waals surface area contributed by atoms with E-state index in [4.69, 9.17) is 20.2 Å². The Labute approximate surface area is 194 Å². The molecule has 7 heteroatoms. The maximum Gasteiger partial charge on any atom is 0.220 e. The van der Waals surface area contributed by atoms with E-state index in [-0.39, 0.29) is 17.9 Å². The smallest absolute Gasteiger partial charge is 0.220 e. The number of nitrogens with zero attached hydrogens (tertiary/aromatic N) is 3. The lowest BCUT2D eigenvalue weighted by Crippen LogP contribution is -2.29. The number of ether oxygens (including phenoxy) is 2. The van der Waals surface area contributed by atoms with Gasteiger partial charge in [-0.15, -0.1) is 0 Å². The van der Waals surface area contributed by atoms with Crippen LogP contribution in [0.4, 0.5) is 11.6 Å². The minimum atomic E-state index is 0.258. The first-order valence-electron chi connectivity index (χ1n) is 11.4. The monoisotopic (exact) mass is 443 g/mol. The molecule has 3 aromatic rings. The number of hydrogen-bond acceptors (Lipinski definition) is 7. The minimum Gasteiger partial charge on any atom is -0.493 e. The molecule has 170 valence electrons. The second kappa shape index (κ2) is 9.29. The van der Waals surface area contributed by atoms with Crippen LogP contribution in [0.1, 0.15) is 29.7 Å². The molecule has 2 aliphatic rings.